The molecule has 0 radical (unpaired) electrons. The first-order chi connectivity index (χ1) is 20.1. The normalized spacial score (nSPS) is 12.6. The van der Waals surface area contributed by atoms with Gasteiger partial charge in [0.15, 0.2) is 0 Å². The highest BCUT2D eigenvalue weighted by Gasteiger charge is 2.36. The molecular formula is C30H32ClF4N3O4S. The zero-order chi connectivity index (χ0) is 31.9. The van der Waals surface area contributed by atoms with Gasteiger partial charge in [-0.3, -0.25) is 13.9 Å². The number of carbonyl (C=O) groups excluding carboxylic acids is 2. The smallest absolute Gasteiger partial charge is 0.354 e. The first-order valence-corrected chi connectivity index (χ1v) is 15.5. The summed E-state index contributed by atoms with van der Waals surface area (Å²) in [5.41, 5.74) is -1.01. The van der Waals surface area contributed by atoms with Crippen molar-refractivity contribution in [2.24, 2.45) is 5.92 Å². The number of alkyl halides is 3. The third kappa shape index (κ3) is 9.42. The molecule has 3 aromatic carbocycles. The van der Waals surface area contributed by atoms with Gasteiger partial charge in [-0.1, -0.05) is 74.0 Å². The van der Waals surface area contributed by atoms with Crippen LogP contribution in [-0.2, 0) is 38.8 Å². The summed E-state index contributed by atoms with van der Waals surface area (Å²) in [5.74, 6) is -2.09. The number of hydrogen-bond donors (Lipinski definition) is 1. The molecule has 232 valence electrons. The highest BCUT2D eigenvalue weighted by Crippen LogP contribution is 2.37. The first kappa shape index (κ1) is 33.9. The molecule has 2 amide bonds. The average molecular weight is 642 g/mol. The van der Waals surface area contributed by atoms with Gasteiger partial charge in [0.1, 0.15) is 18.4 Å². The summed E-state index contributed by atoms with van der Waals surface area (Å²) in [5, 5.41) is 2.13. The Kier molecular flexibility index (Phi) is 11.2. The van der Waals surface area contributed by atoms with Crippen LogP contribution in [0.5, 0.6) is 0 Å². The number of amides is 2. The Hall–Kier alpha value is -3.64. The Bertz CT molecular complexity index is 1540. The van der Waals surface area contributed by atoms with Crippen molar-refractivity contribution in [2.45, 2.75) is 39.0 Å². The maximum atomic E-state index is 14.8. The van der Waals surface area contributed by atoms with Gasteiger partial charge < -0.3 is 10.2 Å². The van der Waals surface area contributed by atoms with Crippen LogP contribution in [0.3, 0.4) is 0 Å². The van der Waals surface area contributed by atoms with E-state index in [1.807, 2.05) is 13.8 Å². The molecular weight excluding hydrogens is 610 g/mol. The standard InChI is InChI=1S/C30H32ClF4N3O4S/c1-20(2)17-36-29(40)27(15-21-9-5-4-6-10-21)37(18-22-11-7-8-12-26(22)32)28(39)19-38(43(3,41)42)23-13-14-25(31)24(16-23)30(33,34)35/h4-14,16,20,27H,15,17-19H2,1-3H3,(H,36,40)/t27-/m1/s1. The second-order valence-corrected chi connectivity index (χ2v) is 12.7. The van der Waals surface area contributed by atoms with Crippen LogP contribution in [0.15, 0.2) is 72.8 Å². The lowest BCUT2D eigenvalue weighted by Crippen LogP contribution is -2.53. The summed E-state index contributed by atoms with van der Waals surface area (Å²) in [6.07, 6.45) is -4.16. The Balaban J connectivity index is 2.10. The molecule has 0 saturated carbocycles. The van der Waals surface area contributed by atoms with Crippen molar-refractivity contribution in [2.75, 3.05) is 23.7 Å². The van der Waals surface area contributed by atoms with Crippen LogP contribution in [0.2, 0.25) is 5.02 Å². The van der Waals surface area contributed by atoms with E-state index in [9.17, 15) is 35.6 Å². The number of nitrogens with one attached hydrogen (secondary N) is 1. The Morgan fingerprint density at radius 3 is 2.19 bits per heavy atom. The number of carbonyl (C=O) groups is 2. The lowest BCUT2D eigenvalue weighted by Gasteiger charge is -2.33. The van der Waals surface area contributed by atoms with E-state index in [0.29, 0.717) is 15.9 Å². The highest BCUT2D eigenvalue weighted by atomic mass is 35.5. The van der Waals surface area contributed by atoms with Gasteiger partial charge in [-0.2, -0.15) is 13.2 Å². The third-order valence-corrected chi connectivity index (χ3v) is 7.95. The summed E-state index contributed by atoms with van der Waals surface area (Å²) < 4.78 is 81.7. The van der Waals surface area contributed by atoms with Crippen molar-refractivity contribution in [3.8, 4) is 0 Å². The first-order valence-electron chi connectivity index (χ1n) is 13.3. The summed E-state index contributed by atoms with van der Waals surface area (Å²) in [7, 11) is -4.33. The van der Waals surface area contributed by atoms with Gasteiger partial charge in [0.25, 0.3) is 0 Å². The van der Waals surface area contributed by atoms with Crippen LogP contribution >= 0.6 is 11.6 Å². The fourth-order valence-corrected chi connectivity index (χ4v) is 5.35. The van der Waals surface area contributed by atoms with E-state index in [1.165, 1.54) is 18.2 Å². The highest BCUT2D eigenvalue weighted by molar-refractivity contribution is 7.92. The quantitative estimate of drug-likeness (QED) is 0.258. The summed E-state index contributed by atoms with van der Waals surface area (Å²) >= 11 is 5.72. The van der Waals surface area contributed by atoms with E-state index in [1.54, 1.807) is 36.4 Å². The van der Waals surface area contributed by atoms with Gasteiger partial charge in [0, 0.05) is 25.1 Å². The van der Waals surface area contributed by atoms with Gasteiger partial charge >= 0.3 is 6.18 Å². The Morgan fingerprint density at radius 1 is 0.977 bits per heavy atom. The number of anilines is 1. The monoisotopic (exact) mass is 641 g/mol. The number of halogens is 5. The molecule has 43 heavy (non-hydrogen) atoms. The predicted octanol–water partition coefficient (Wildman–Crippen LogP) is 5.68. The average Bonchev–Trinajstić information content (AvgIpc) is 2.93. The predicted molar refractivity (Wildman–Crippen MR) is 157 cm³/mol. The van der Waals surface area contributed by atoms with E-state index in [-0.39, 0.29) is 24.4 Å². The Labute approximate surface area is 253 Å². The summed E-state index contributed by atoms with van der Waals surface area (Å²) in [4.78, 5) is 28.6. The molecule has 0 aromatic heterocycles. The van der Waals surface area contributed by atoms with E-state index in [2.05, 4.69) is 5.32 Å². The van der Waals surface area contributed by atoms with Crippen LogP contribution in [0.4, 0.5) is 23.2 Å². The molecule has 3 aromatic rings. The van der Waals surface area contributed by atoms with Crippen molar-refractivity contribution in [3.63, 3.8) is 0 Å². The van der Waals surface area contributed by atoms with Gasteiger partial charge in [-0.15, -0.1) is 0 Å². The SMILES string of the molecule is CC(C)CNC(=O)[C@@H](Cc1ccccc1)N(Cc1ccccc1F)C(=O)CN(c1ccc(Cl)c(C(F)(F)F)c1)S(C)(=O)=O. The van der Waals surface area contributed by atoms with Crippen LogP contribution in [-0.4, -0.2) is 50.5 Å². The minimum atomic E-state index is -4.90. The molecule has 1 atom stereocenters. The van der Waals surface area contributed by atoms with E-state index < -0.39 is 69.2 Å². The lowest BCUT2D eigenvalue weighted by molar-refractivity contribution is -0.140. The fourth-order valence-electron chi connectivity index (χ4n) is 4.29. The van der Waals surface area contributed by atoms with E-state index in [0.717, 1.165) is 23.3 Å². The molecule has 0 fully saturated rings. The number of nitrogens with zero attached hydrogens (tertiary/aromatic N) is 2. The fraction of sp³-hybridized carbons (Fsp3) is 0.333. The molecule has 3 rings (SSSR count). The van der Waals surface area contributed by atoms with Crippen molar-refractivity contribution in [1.82, 2.24) is 10.2 Å². The second-order valence-electron chi connectivity index (χ2n) is 10.4. The number of sulfonamides is 1. The lowest BCUT2D eigenvalue weighted by atomic mass is 10.0. The molecule has 0 aliphatic heterocycles. The van der Waals surface area contributed by atoms with Crippen molar-refractivity contribution in [3.05, 3.63) is 100 Å². The third-order valence-electron chi connectivity index (χ3n) is 6.48. The van der Waals surface area contributed by atoms with Crippen LogP contribution < -0.4 is 9.62 Å². The van der Waals surface area contributed by atoms with Gasteiger partial charge in [-0.05, 0) is 35.7 Å². The van der Waals surface area contributed by atoms with Gasteiger partial charge in [0.2, 0.25) is 21.8 Å². The van der Waals surface area contributed by atoms with E-state index in [4.69, 9.17) is 11.6 Å². The molecule has 0 spiro atoms. The molecule has 7 nitrogen and oxygen atoms in total. The number of rotatable bonds is 12. The molecule has 0 bridgehead atoms. The van der Waals surface area contributed by atoms with Gasteiger partial charge in [-0.25, -0.2) is 12.8 Å². The molecule has 0 aliphatic rings. The molecule has 0 aliphatic carbocycles. The molecule has 0 saturated heterocycles. The minimum Gasteiger partial charge on any atom is -0.354 e. The van der Waals surface area contributed by atoms with Crippen molar-refractivity contribution >= 4 is 39.1 Å². The number of benzene rings is 3. The maximum Gasteiger partial charge on any atom is 0.417 e. The minimum absolute atomic E-state index is 0.00298. The van der Waals surface area contributed by atoms with Crippen molar-refractivity contribution < 1.29 is 35.6 Å². The largest absolute Gasteiger partial charge is 0.417 e. The zero-order valence-electron chi connectivity index (χ0n) is 23.7. The number of hydrogen-bond acceptors (Lipinski definition) is 4. The molecule has 1 N–H and O–H groups in total. The second kappa shape index (κ2) is 14.2. The summed E-state index contributed by atoms with van der Waals surface area (Å²) in [6, 6.07) is 15.6. The molecule has 0 unspecified atom stereocenters. The van der Waals surface area contributed by atoms with Crippen LogP contribution in [0, 0.1) is 11.7 Å². The Morgan fingerprint density at radius 2 is 1.60 bits per heavy atom. The van der Waals surface area contributed by atoms with Crippen LogP contribution in [0.25, 0.3) is 0 Å². The zero-order valence-corrected chi connectivity index (χ0v) is 25.3. The summed E-state index contributed by atoms with van der Waals surface area (Å²) in [6.45, 7) is 2.64. The maximum absolute atomic E-state index is 14.8. The van der Waals surface area contributed by atoms with E-state index >= 15 is 0 Å². The molecule has 13 heteroatoms. The topological polar surface area (TPSA) is 86.8 Å². The molecule has 0 heterocycles. The van der Waals surface area contributed by atoms with Crippen molar-refractivity contribution in [1.29, 1.82) is 0 Å². The van der Waals surface area contributed by atoms with Crippen LogP contribution in [0.1, 0.15) is 30.5 Å². The van der Waals surface area contributed by atoms with Gasteiger partial charge in [0.05, 0.1) is 22.5 Å².